The third-order valence-corrected chi connectivity index (χ3v) is 2.71. The summed E-state index contributed by atoms with van der Waals surface area (Å²) in [4.78, 5) is 11.9. The van der Waals surface area contributed by atoms with Crippen molar-refractivity contribution in [2.75, 3.05) is 5.32 Å². The first-order chi connectivity index (χ1) is 9.26. The molecule has 0 aliphatic heterocycles. The maximum atomic E-state index is 12.2. The summed E-state index contributed by atoms with van der Waals surface area (Å²) in [6.07, 6.45) is -0.676. The molecular formula is C11H12F3N5O. The van der Waals surface area contributed by atoms with Crippen LogP contribution in [-0.4, -0.2) is 31.6 Å². The van der Waals surface area contributed by atoms with E-state index in [-0.39, 0.29) is 5.69 Å². The Kier molecular flexibility index (Phi) is 3.51. The fourth-order valence-electron chi connectivity index (χ4n) is 1.62. The highest BCUT2D eigenvalue weighted by molar-refractivity contribution is 6.04. The SMILES string of the molecule is Cc1c(C(=O)Nc2cnn(CC(F)(F)F)c2)cnn1C. The molecule has 2 aromatic rings. The molecule has 0 saturated carbocycles. The van der Waals surface area contributed by atoms with Gasteiger partial charge in [0.2, 0.25) is 0 Å². The average Bonchev–Trinajstić information content (AvgIpc) is 2.86. The molecule has 0 aliphatic carbocycles. The zero-order valence-corrected chi connectivity index (χ0v) is 10.8. The van der Waals surface area contributed by atoms with E-state index in [1.165, 1.54) is 10.9 Å². The van der Waals surface area contributed by atoms with E-state index in [1.54, 1.807) is 14.0 Å². The predicted molar refractivity (Wildman–Crippen MR) is 64.2 cm³/mol. The summed E-state index contributed by atoms with van der Waals surface area (Å²) < 4.78 is 38.8. The number of amides is 1. The normalized spacial score (nSPS) is 11.7. The number of carbonyl (C=O) groups excluding carboxylic acids is 1. The molecule has 20 heavy (non-hydrogen) atoms. The van der Waals surface area contributed by atoms with Gasteiger partial charge in [-0.2, -0.15) is 23.4 Å². The van der Waals surface area contributed by atoms with Gasteiger partial charge in [-0.1, -0.05) is 0 Å². The van der Waals surface area contributed by atoms with Crippen LogP contribution in [0.5, 0.6) is 0 Å². The molecule has 1 N–H and O–H groups in total. The van der Waals surface area contributed by atoms with Gasteiger partial charge in [0.05, 0.1) is 23.6 Å². The molecule has 2 aromatic heterocycles. The van der Waals surface area contributed by atoms with Crippen molar-refractivity contribution in [3.05, 3.63) is 29.8 Å². The molecule has 0 aromatic carbocycles. The van der Waals surface area contributed by atoms with Crippen molar-refractivity contribution in [2.45, 2.75) is 19.6 Å². The van der Waals surface area contributed by atoms with Crippen molar-refractivity contribution in [3.8, 4) is 0 Å². The summed E-state index contributed by atoms with van der Waals surface area (Å²) in [7, 11) is 1.69. The minimum atomic E-state index is -4.35. The van der Waals surface area contributed by atoms with Crippen molar-refractivity contribution in [1.29, 1.82) is 0 Å². The lowest BCUT2D eigenvalue weighted by molar-refractivity contribution is -0.142. The first-order valence-electron chi connectivity index (χ1n) is 5.65. The molecule has 0 aliphatic rings. The van der Waals surface area contributed by atoms with Crippen molar-refractivity contribution >= 4 is 11.6 Å². The first-order valence-corrected chi connectivity index (χ1v) is 5.65. The lowest BCUT2D eigenvalue weighted by Gasteiger charge is -2.05. The Morgan fingerprint density at radius 3 is 2.60 bits per heavy atom. The minimum absolute atomic E-state index is 0.197. The van der Waals surface area contributed by atoms with Gasteiger partial charge >= 0.3 is 6.18 Å². The standard InChI is InChI=1S/C11H12F3N5O/c1-7-9(4-15-18(7)2)10(20)17-8-3-16-19(5-8)6-11(12,13)14/h3-5H,6H2,1-2H3,(H,17,20). The highest BCUT2D eigenvalue weighted by atomic mass is 19.4. The first kappa shape index (κ1) is 14.1. The summed E-state index contributed by atoms with van der Waals surface area (Å²) in [6.45, 7) is 0.518. The highest BCUT2D eigenvalue weighted by Crippen LogP contribution is 2.18. The number of halogens is 3. The van der Waals surface area contributed by atoms with Gasteiger partial charge in [-0.25, -0.2) is 0 Å². The van der Waals surface area contributed by atoms with Crippen LogP contribution in [0.3, 0.4) is 0 Å². The zero-order valence-electron chi connectivity index (χ0n) is 10.8. The van der Waals surface area contributed by atoms with Crippen LogP contribution in [0.2, 0.25) is 0 Å². The topological polar surface area (TPSA) is 64.7 Å². The molecule has 0 fully saturated rings. The number of aryl methyl sites for hydroxylation is 1. The molecule has 0 bridgehead atoms. The van der Waals surface area contributed by atoms with Gasteiger partial charge in [0.15, 0.2) is 0 Å². The molecule has 9 heteroatoms. The highest BCUT2D eigenvalue weighted by Gasteiger charge is 2.28. The fraction of sp³-hybridized carbons (Fsp3) is 0.364. The van der Waals surface area contributed by atoms with Gasteiger partial charge < -0.3 is 5.32 Å². The van der Waals surface area contributed by atoms with Gasteiger partial charge in [0.25, 0.3) is 5.91 Å². The number of alkyl halides is 3. The molecular weight excluding hydrogens is 275 g/mol. The van der Waals surface area contributed by atoms with Crippen molar-refractivity contribution < 1.29 is 18.0 Å². The summed E-state index contributed by atoms with van der Waals surface area (Å²) in [5, 5.41) is 9.93. The fourth-order valence-corrected chi connectivity index (χ4v) is 1.62. The van der Waals surface area contributed by atoms with Crippen LogP contribution in [-0.2, 0) is 13.6 Å². The quantitative estimate of drug-likeness (QED) is 0.935. The number of anilines is 1. The van der Waals surface area contributed by atoms with E-state index in [2.05, 4.69) is 15.5 Å². The third-order valence-electron chi connectivity index (χ3n) is 2.71. The molecule has 6 nitrogen and oxygen atoms in total. The van der Waals surface area contributed by atoms with E-state index in [1.807, 2.05) is 0 Å². The number of hydrogen-bond acceptors (Lipinski definition) is 3. The Balaban J connectivity index is 2.07. The van der Waals surface area contributed by atoms with Crippen LogP contribution in [0.1, 0.15) is 16.1 Å². The Hall–Kier alpha value is -2.32. The molecule has 0 radical (unpaired) electrons. The molecule has 0 atom stereocenters. The van der Waals surface area contributed by atoms with E-state index < -0.39 is 18.6 Å². The van der Waals surface area contributed by atoms with Crippen molar-refractivity contribution in [1.82, 2.24) is 19.6 Å². The molecule has 108 valence electrons. The summed E-state index contributed by atoms with van der Waals surface area (Å²) in [5.74, 6) is -0.442. The van der Waals surface area contributed by atoms with Crippen LogP contribution in [0.15, 0.2) is 18.6 Å². The number of nitrogens with zero attached hydrogens (tertiary/aromatic N) is 4. The summed E-state index contributed by atoms with van der Waals surface area (Å²) in [5.41, 5.74) is 1.21. The smallest absolute Gasteiger partial charge is 0.319 e. The lowest BCUT2D eigenvalue weighted by Crippen LogP contribution is -2.18. The molecule has 0 saturated heterocycles. The molecule has 2 heterocycles. The lowest BCUT2D eigenvalue weighted by atomic mass is 10.2. The second-order valence-electron chi connectivity index (χ2n) is 4.26. The number of aromatic nitrogens is 4. The number of carbonyl (C=O) groups is 1. The second-order valence-corrected chi connectivity index (χ2v) is 4.26. The van der Waals surface area contributed by atoms with Crippen LogP contribution in [0.4, 0.5) is 18.9 Å². The van der Waals surface area contributed by atoms with Crippen molar-refractivity contribution in [3.63, 3.8) is 0 Å². The molecule has 0 spiro atoms. The van der Waals surface area contributed by atoms with Crippen LogP contribution in [0.25, 0.3) is 0 Å². The van der Waals surface area contributed by atoms with Gasteiger partial charge in [0.1, 0.15) is 6.54 Å². The summed E-state index contributed by atoms with van der Waals surface area (Å²) in [6, 6.07) is 0. The summed E-state index contributed by atoms with van der Waals surface area (Å²) >= 11 is 0. The Bertz CT molecular complexity index is 628. The second kappa shape index (κ2) is 4.99. The van der Waals surface area contributed by atoms with E-state index in [4.69, 9.17) is 0 Å². The average molecular weight is 287 g/mol. The van der Waals surface area contributed by atoms with Gasteiger partial charge in [-0.3, -0.25) is 14.2 Å². The van der Waals surface area contributed by atoms with Crippen LogP contribution < -0.4 is 5.32 Å². The van der Waals surface area contributed by atoms with Crippen molar-refractivity contribution in [2.24, 2.45) is 7.05 Å². The maximum absolute atomic E-state index is 12.2. The van der Waals surface area contributed by atoms with Gasteiger partial charge in [-0.15, -0.1) is 0 Å². The Morgan fingerprint density at radius 2 is 2.05 bits per heavy atom. The molecule has 1 amide bonds. The van der Waals surface area contributed by atoms with Crippen LogP contribution in [0, 0.1) is 6.92 Å². The number of rotatable bonds is 3. The number of hydrogen-bond donors (Lipinski definition) is 1. The molecule has 0 unspecified atom stereocenters. The van der Waals surface area contributed by atoms with Gasteiger partial charge in [0, 0.05) is 18.9 Å². The Morgan fingerprint density at radius 1 is 1.35 bits per heavy atom. The minimum Gasteiger partial charge on any atom is -0.319 e. The van der Waals surface area contributed by atoms with E-state index in [9.17, 15) is 18.0 Å². The Labute approximate surface area is 112 Å². The maximum Gasteiger partial charge on any atom is 0.408 e. The van der Waals surface area contributed by atoms with Crippen LogP contribution >= 0.6 is 0 Å². The zero-order chi connectivity index (χ0) is 14.9. The third kappa shape index (κ3) is 3.16. The van der Waals surface area contributed by atoms with E-state index >= 15 is 0 Å². The largest absolute Gasteiger partial charge is 0.408 e. The predicted octanol–water partition coefficient (Wildman–Crippen LogP) is 1.74. The van der Waals surface area contributed by atoms with E-state index in [0.717, 1.165) is 12.4 Å². The van der Waals surface area contributed by atoms with E-state index in [0.29, 0.717) is 15.9 Å². The number of nitrogens with one attached hydrogen (secondary N) is 1. The molecule has 2 rings (SSSR count). The monoisotopic (exact) mass is 287 g/mol. The van der Waals surface area contributed by atoms with Gasteiger partial charge in [-0.05, 0) is 6.92 Å².